The molecule has 216 valence electrons. The molecule has 1 aliphatic carbocycles. The summed E-state index contributed by atoms with van der Waals surface area (Å²) in [5.74, 6) is 1.54. The largest absolute Gasteiger partial charge is 0.488 e. The molecule has 5 rings (SSSR count). The highest BCUT2D eigenvalue weighted by Gasteiger charge is 2.31. The van der Waals surface area contributed by atoms with Gasteiger partial charge in [-0.05, 0) is 69.8 Å². The number of hydrogen-bond acceptors (Lipinski definition) is 10. The summed E-state index contributed by atoms with van der Waals surface area (Å²) in [5.41, 5.74) is 3.36. The van der Waals surface area contributed by atoms with Crippen LogP contribution in [0.2, 0.25) is 5.02 Å². The molecule has 11 nitrogen and oxygen atoms in total. The Morgan fingerprint density at radius 3 is 2.65 bits per heavy atom. The van der Waals surface area contributed by atoms with Crippen LogP contribution < -0.4 is 20.7 Å². The Bertz CT molecular complexity index is 1490. The van der Waals surface area contributed by atoms with E-state index in [0.717, 1.165) is 49.4 Å². The second-order valence-electron chi connectivity index (χ2n) is 10.7. The molecule has 2 aromatic heterocycles. The molecule has 0 amide bonds. The number of methoxy groups -OCH3 is 1. The maximum atomic E-state index is 12.9. The van der Waals surface area contributed by atoms with Gasteiger partial charge in [0.05, 0.1) is 35.0 Å². The molecule has 0 radical (unpaired) electrons. The highest BCUT2D eigenvalue weighted by Crippen LogP contribution is 2.40. The quantitative estimate of drug-likeness (QED) is 0.311. The van der Waals surface area contributed by atoms with E-state index >= 15 is 0 Å². The van der Waals surface area contributed by atoms with Gasteiger partial charge >= 0.3 is 0 Å². The van der Waals surface area contributed by atoms with Gasteiger partial charge in [0, 0.05) is 32.8 Å². The van der Waals surface area contributed by atoms with Crippen LogP contribution in [0.5, 0.6) is 5.75 Å². The molecule has 3 N–H and O–H groups in total. The highest BCUT2D eigenvalue weighted by molar-refractivity contribution is 7.92. The summed E-state index contributed by atoms with van der Waals surface area (Å²) in [6, 6.07) is 4.17. The predicted octanol–water partition coefficient (Wildman–Crippen LogP) is 4.47. The third-order valence-corrected chi connectivity index (χ3v) is 9.60. The lowest BCUT2D eigenvalue weighted by atomic mass is 9.85. The maximum absolute atomic E-state index is 12.9. The van der Waals surface area contributed by atoms with Crippen LogP contribution >= 0.6 is 11.6 Å². The zero-order valence-corrected chi connectivity index (χ0v) is 24.9. The van der Waals surface area contributed by atoms with Crippen molar-refractivity contribution in [1.29, 1.82) is 0 Å². The van der Waals surface area contributed by atoms with Crippen LogP contribution in [0, 0.1) is 6.92 Å². The molecule has 3 heterocycles. The number of anilines is 4. The van der Waals surface area contributed by atoms with Crippen molar-refractivity contribution in [2.45, 2.75) is 68.4 Å². The Hall–Kier alpha value is -2.93. The van der Waals surface area contributed by atoms with Gasteiger partial charge in [-0.25, -0.2) is 13.4 Å². The molecule has 3 aromatic rings. The van der Waals surface area contributed by atoms with Crippen molar-refractivity contribution < 1.29 is 17.9 Å². The van der Waals surface area contributed by atoms with Crippen molar-refractivity contribution in [2.75, 3.05) is 30.8 Å². The molecule has 0 spiro atoms. The number of halogens is 1. The van der Waals surface area contributed by atoms with Gasteiger partial charge in [-0.15, -0.1) is 0 Å². The van der Waals surface area contributed by atoms with Crippen molar-refractivity contribution in [3.8, 4) is 5.75 Å². The summed E-state index contributed by atoms with van der Waals surface area (Å²) < 4.78 is 39.3. The topological polar surface area (TPSA) is 132 Å². The normalized spacial score (nSPS) is 19.6. The van der Waals surface area contributed by atoms with Crippen molar-refractivity contribution in [3.05, 3.63) is 40.7 Å². The minimum absolute atomic E-state index is 0.0622. The van der Waals surface area contributed by atoms with E-state index in [0.29, 0.717) is 0 Å². The van der Waals surface area contributed by atoms with E-state index in [2.05, 4.69) is 50.1 Å². The van der Waals surface area contributed by atoms with E-state index in [1.807, 2.05) is 0 Å². The lowest BCUT2D eigenvalue weighted by Crippen LogP contribution is -2.40. The first-order valence-electron chi connectivity index (χ1n) is 13.5. The summed E-state index contributed by atoms with van der Waals surface area (Å²) in [6.45, 7) is 7.06. The Labute approximate surface area is 239 Å². The van der Waals surface area contributed by atoms with Gasteiger partial charge in [0.15, 0.2) is 5.82 Å². The summed E-state index contributed by atoms with van der Waals surface area (Å²) >= 11 is 6.42. The molecular weight excluding hydrogens is 554 g/mol. The third kappa shape index (κ3) is 6.04. The number of rotatable bonds is 10. The molecule has 2 fully saturated rings. The fourth-order valence-corrected chi connectivity index (χ4v) is 6.09. The minimum atomic E-state index is -3.64. The average molecular weight is 590 g/mol. The van der Waals surface area contributed by atoms with E-state index < -0.39 is 15.1 Å². The zero-order valence-electron chi connectivity index (χ0n) is 23.4. The Balaban J connectivity index is 1.45. The van der Waals surface area contributed by atoms with Crippen LogP contribution in [0.3, 0.4) is 0 Å². The van der Waals surface area contributed by atoms with Gasteiger partial charge < -0.3 is 25.4 Å². The lowest BCUT2D eigenvalue weighted by molar-refractivity contribution is 0.0622. The van der Waals surface area contributed by atoms with E-state index in [-0.39, 0.29) is 45.6 Å². The molecule has 13 heteroatoms. The van der Waals surface area contributed by atoms with Crippen LogP contribution in [0.15, 0.2) is 29.6 Å². The Morgan fingerprint density at radius 2 is 1.95 bits per heavy atom. The fraction of sp³-hybridized carbons (Fsp3) is 0.519. The first kappa shape index (κ1) is 28.6. The van der Waals surface area contributed by atoms with Crippen LogP contribution in [-0.4, -0.2) is 65.8 Å². The Kier molecular flexibility index (Phi) is 8.23. The molecule has 40 heavy (non-hydrogen) atoms. The third-order valence-electron chi connectivity index (χ3n) is 7.24. The molecule has 1 aliphatic heterocycles. The summed E-state index contributed by atoms with van der Waals surface area (Å²) in [4.78, 5) is 8.93. The second-order valence-corrected chi connectivity index (χ2v) is 13.5. The molecule has 1 saturated heterocycles. The smallest absolute Gasteiger partial charge is 0.229 e. The van der Waals surface area contributed by atoms with E-state index in [4.69, 9.17) is 21.1 Å². The summed E-state index contributed by atoms with van der Waals surface area (Å²) in [7, 11) is -0.224. The van der Waals surface area contributed by atoms with Crippen molar-refractivity contribution in [3.63, 3.8) is 0 Å². The average Bonchev–Trinajstić information content (AvgIpc) is 3.66. The molecular formula is C27H36ClN7O4S. The number of piperidine rings is 1. The number of benzene rings is 1. The first-order chi connectivity index (χ1) is 19.1. The number of nitrogens with one attached hydrogen (secondary N) is 3. The summed E-state index contributed by atoms with van der Waals surface area (Å²) in [5, 5.41) is 13.5. The number of aromatic nitrogens is 4. The standard InChI is InChI=1S/C27H36ClN7O4S/c1-15(2)40(36,37)26-22(14-35(4)34-26)31-25-20(28)12-30-27(33-25)32-21-10-16(3)19(11-23(21)39-17-6-7-17)18-8-9-29-13-24(18)38-5/h10-12,14-15,17-18,24,29H,6-9,13H2,1-5H3,(H2,30,31,32,33). The predicted molar refractivity (Wildman–Crippen MR) is 155 cm³/mol. The molecule has 1 aromatic carbocycles. The molecule has 2 unspecified atom stereocenters. The maximum Gasteiger partial charge on any atom is 0.229 e. The van der Waals surface area contributed by atoms with Crippen molar-refractivity contribution in [2.24, 2.45) is 7.05 Å². The SMILES string of the molecule is COC1CNCCC1c1cc(OC2CC2)c(Nc2ncc(Cl)c(Nc3cn(C)nc3S(=O)(=O)C(C)C)n2)cc1C. The number of nitrogens with zero attached hydrogens (tertiary/aromatic N) is 4. The molecule has 2 aliphatic rings. The number of sulfone groups is 1. The van der Waals surface area contributed by atoms with Crippen molar-refractivity contribution in [1.82, 2.24) is 25.1 Å². The van der Waals surface area contributed by atoms with Gasteiger partial charge in [-0.1, -0.05) is 11.6 Å². The van der Waals surface area contributed by atoms with Gasteiger partial charge in [0.1, 0.15) is 10.8 Å². The van der Waals surface area contributed by atoms with Crippen LogP contribution in [0.1, 0.15) is 50.2 Å². The number of ether oxygens (including phenoxy) is 2. The second kappa shape index (κ2) is 11.5. The monoisotopic (exact) mass is 589 g/mol. The fourth-order valence-electron chi connectivity index (χ4n) is 4.85. The van der Waals surface area contributed by atoms with Crippen LogP contribution in [0.25, 0.3) is 0 Å². The minimum Gasteiger partial charge on any atom is -0.488 e. The van der Waals surface area contributed by atoms with Gasteiger partial charge in [-0.2, -0.15) is 10.1 Å². The van der Waals surface area contributed by atoms with Crippen LogP contribution in [-0.2, 0) is 21.6 Å². The molecule has 1 saturated carbocycles. The van der Waals surface area contributed by atoms with Gasteiger partial charge in [0.2, 0.25) is 20.8 Å². The molecule has 2 atom stereocenters. The van der Waals surface area contributed by atoms with Crippen LogP contribution in [0.4, 0.5) is 23.1 Å². The number of aryl methyl sites for hydroxylation is 2. The zero-order chi connectivity index (χ0) is 28.6. The lowest BCUT2D eigenvalue weighted by Gasteiger charge is -2.33. The highest BCUT2D eigenvalue weighted by atomic mass is 35.5. The van der Waals surface area contributed by atoms with Crippen molar-refractivity contribution >= 4 is 44.6 Å². The van der Waals surface area contributed by atoms with E-state index in [1.165, 1.54) is 16.4 Å². The first-order valence-corrected chi connectivity index (χ1v) is 15.4. The van der Waals surface area contributed by atoms with E-state index in [9.17, 15) is 8.42 Å². The number of hydrogen-bond donors (Lipinski definition) is 3. The summed E-state index contributed by atoms with van der Waals surface area (Å²) in [6.07, 6.45) is 6.35. The van der Waals surface area contributed by atoms with Gasteiger partial charge in [-0.3, -0.25) is 4.68 Å². The van der Waals surface area contributed by atoms with Gasteiger partial charge in [0.25, 0.3) is 0 Å². The Morgan fingerprint density at radius 1 is 1.18 bits per heavy atom. The molecule has 0 bridgehead atoms. The van der Waals surface area contributed by atoms with E-state index in [1.54, 1.807) is 34.2 Å².